The Morgan fingerprint density at radius 3 is 2.00 bits per heavy atom. The lowest BCUT2D eigenvalue weighted by Crippen LogP contribution is -2.58. The smallest absolute Gasteiger partial charge is 0.426 e. The number of carbonyl (C=O) groups excluding carboxylic acids is 3. The number of benzene rings is 2. The van der Waals surface area contributed by atoms with E-state index in [1.807, 2.05) is 34.6 Å². The van der Waals surface area contributed by atoms with Gasteiger partial charge in [-0.25, -0.2) is 8.42 Å². The summed E-state index contributed by atoms with van der Waals surface area (Å²) in [5.74, 6) is -3.09. The number of nitrogens with one attached hydrogen (secondary N) is 4. The Balaban J connectivity index is 2.38. The molecule has 0 aromatic heterocycles. The highest BCUT2D eigenvalue weighted by molar-refractivity contribution is 7.89. The van der Waals surface area contributed by atoms with Crippen molar-refractivity contribution in [3.05, 3.63) is 65.7 Å². The van der Waals surface area contributed by atoms with Crippen LogP contribution in [0, 0.1) is 18.3 Å². The van der Waals surface area contributed by atoms with Crippen LogP contribution in [0.2, 0.25) is 0 Å². The van der Waals surface area contributed by atoms with Crippen LogP contribution in [-0.2, 0) is 30.8 Å². The van der Waals surface area contributed by atoms with Crippen LogP contribution in [-0.4, -0.2) is 67.9 Å². The number of sulfonamides is 1. The van der Waals surface area contributed by atoms with Crippen LogP contribution >= 0.6 is 0 Å². The Morgan fingerprint density at radius 1 is 0.884 bits per heavy atom. The lowest BCUT2D eigenvalue weighted by Gasteiger charge is -2.26. The van der Waals surface area contributed by atoms with Crippen molar-refractivity contribution in [2.75, 3.05) is 6.54 Å². The van der Waals surface area contributed by atoms with E-state index in [-0.39, 0.29) is 29.1 Å². The molecule has 6 N–H and O–H groups in total. The molecule has 0 heterocycles. The van der Waals surface area contributed by atoms with Crippen LogP contribution in [0.4, 0.5) is 0 Å². The largest absolute Gasteiger partial charge is 0.475 e. The van der Waals surface area contributed by atoms with E-state index in [9.17, 15) is 32.8 Å². The lowest BCUT2D eigenvalue weighted by atomic mass is 9.75. The molecule has 0 saturated carbocycles. The third kappa shape index (κ3) is 12.9. The van der Waals surface area contributed by atoms with Crippen LogP contribution < -0.4 is 20.7 Å². The van der Waals surface area contributed by atoms with Crippen molar-refractivity contribution in [1.29, 1.82) is 0 Å². The predicted octanol–water partition coefficient (Wildman–Crippen LogP) is 1.46. The summed E-state index contributed by atoms with van der Waals surface area (Å²) in [6, 6.07) is 12.1. The fourth-order valence-corrected chi connectivity index (χ4v) is 5.36. The summed E-state index contributed by atoms with van der Waals surface area (Å²) in [7, 11) is -6.06. The van der Waals surface area contributed by atoms with Crippen molar-refractivity contribution in [3.8, 4) is 0 Å². The number of amides is 3. The van der Waals surface area contributed by atoms with Crippen molar-refractivity contribution in [3.63, 3.8) is 0 Å². The minimum Gasteiger partial charge on any atom is -0.426 e. The first-order valence-electron chi connectivity index (χ1n) is 14.3. The fourth-order valence-electron chi connectivity index (χ4n) is 4.16. The average Bonchev–Trinajstić information content (AvgIpc) is 2.90. The van der Waals surface area contributed by atoms with Crippen molar-refractivity contribution in [2.45, 2.75) is 83.7 Å². The Hall–Kier alpha value is -3.26. The van der Waals surface area contributed by atoms with Gasteiger partial charge in [-0.05, 0) is 42.4 Å². The van der Waals surface area contributed by atoms with Crippen LogP contribution in [0.1, 0.15) is 58.6 Å². The van der Waals surface area contributed by atoms with Crippen LogP contribution in [0.25, 0.3) is 0 Å². The minimum absolute atomic E-state index is 0.0291. The third-order valence-corrected chi connectivity index (χ3v) is 7.97. The summed E-state index contributed by atoms with van der Waals surface area (Å²) in [4.78, 5) is 39.8. The molecule has 11 nitrogen and oxygen atoms in total. The molecular weight excluding hydrogens is 571 g/mol. The lowest BCUT2D eigenvalue weighted by molar-refractivity contribution is -0.131. The summed E-state index contributed by atoms with van der Waals surface area (Å²) in [5.41, 5.74) is 1.29. The Labute approximate surface area is 255 Å². The third-order valence-electron chi connectivity index (χ3n) is 6.48. The van der Waals surface area contributed by atoms with Gasteiger partial charge in [-0.2, -0.15) is 4.72 Å². The molecule has 0 saturated heterocycles. The van der Waals surface area contributed by atoms with Crippen molar-refractivity contribution in [1.82, 2.24) is 20.7 Å². The van der Waals surface area contributed by atoms with E-state index in [0.717, 1.165) is 5.56 Å². The molecule has 0 spiro atoms. The zero-order valence-corrected chi connectivity index (χ0v) is 26.6. The molecule has 2 rings (SSSR count). The molecular formula is C30H45BN4O7S. The highest BCUT2D eigenvalue weighted by Gasteiger charge is 2.34. The highest BCUT2D eigenvalue weighted by atomic mass is 32.2. The van der Waals surface area contributed by atoms with Gasteiger partial charge in [-0.1, -0.05) is 82.6 Å². The van der Waals surface area contributed by atoms with E-state index in [2.05, 4.69) is 20.7 Å². The number of hydrogen-bond acceptors (Lipinski definition) is 7. The average molecular weight is 617 g/mol. The standard InChI is InChI=1S/C30H45BN4O7S/c1-20(2)16-26(31(39)40)34-28(37)24(17-22-10-8-7-9-11-22)33-29(38)25(18-27(36)32-19-30(4,5)6)35-43(41,42)23-14-12-21(3)13-15-23/h7-15,20,24-26,35,39-40H,16-19H2,1-6H3,(H,32,36)(H,33,38)(H,34,37)/t24-,25-,26-/m0/s1. The minimum atomic E-state index is -4.23. The zero-order chi connectivity index (χ0) is 32.4. The van der Waals surface area contributed by atoms with E-state index in [0.29, 0.717) is 12.1 Å². The number of hydrogen-bond donors (Lipinski definition) is 6. The van der Waals surface area contributed by atoms with Gasteiger partial charge < -0.3 is 26.0 Å². The molecule has 0 unspecified atom stereocenters. The van der Waals surface area contributed by atoms with E-state index in [1.54, 1.807) is 49.4 Å². The number of carbonyl (C=O) groups is 3. The quantitative estimate of drug-likeness (QED) is 0.164. The fraction of sp³-hybridized carbons (Fsp3) is 0.500. The van der Waals surface area contributed by atoms with Gasteiger partial charge in [0.15, 0.2) is 0 Å². The molecule has 13 heteroatoms. The second-order valence-corrected chi connectivity index (χ2v) is 14.2. The normalized spacial score (nSPS) is 14.0. The van der Waals surface area contributed by atoms with Gasteiger partial charge >= 0.3 is 7.12 Å². The van der Waals surface area contributed by atoms with Gasteiger partial charge in [0.05, 0.1) is 17.3 Å². The van der Waals surface area contributed by atoms with Crippen LogP contribution in [0.5, 0.6) is 0 Å². The van der Waals surface area contributed by atoms with Crippen LogP contribution in [0.15, 0.2) is 59.5 Å². The van der Waals surface area contributed by atoms with Crippen LogP contribution in [0.3, 0.4) is 0 Å². The van der Waals surface area contributed by atoms with E-state index in [1.165, 1.54) is 12.1 Å². The second kappa shape index (κ2) is 16.0. The van der Waals surface area contributed by atoms with E-state index < -0.39 is 59.3 Å². The van der Waals surface area contributed by atoms with Gasteiger partial charge in [0.25, 0.3) is 0 Å². The number of rotatable bonds is 15. The molecule has 3 amide bonds. The first-order valence-corrected chi connectivity index (χ1v) is 15.8. The maximum atomic E-state index is 13.6. The molecule has 0 aliphatic heterocycles. The van der Waals surface area contributed by atoms with Gasteiger partial charge in [0.2, 0.25) is 27.7 Å². The first-order chi connectivity index (χ1) is 20.0. The Kier molecular flexibility index (Phi) is 13.4. The predicted molar refractivity (Wildman–Crippen MR) is 166 cm³/mol. The highest BCUT2D eigenvalue weighted by Crippen LogP contribution is 2.14. The van der Waals surface area contributed by atoms with E-state index in [4.69, 9.17) is 0 Å². The molecule has 0 radical (unpaired) electrons. The monoisotopic (exact) mass is 616 g/mol. The molecule has 2 aromatic carbocycles. The molecule has 0 aliphatic carbocycles. The molecule has 236 valence electrons. The van der Waals surface area contributed by atoms with Gasteiger partial charge in [-0.3, -0.25) is 14.4 Å². The molecule has 0 aliphatic rings. The zero-order valence-electron chi connectivity index (χ0n) is 25.8. The van der Waals surface area contributed by atoms with Gasteiger partial charge in [0.1, 0.15) is 12.1 Å². The molecule has 0 bridgehead atoms. The maximum Gasteiger partial charge on any atom is 0.475 e. The second-order valence-electron chi connectivity index (χ2n) is 12.4. The maximum absolute atomic E-state index is 13.6. The molecule has 0 fully saturated rings. The summed E-state index contributed by atoms with van der Waals surface area (Å²) < 4.78 is 28.8. The molecule has 2 aromatic rings. The molecule has 43 heavy (non-hydrogen) atoms. The van der Waals surface area contributed by atoms with Gasteiger partial charge in [0, 0.05) is 13.0 Å². The Morgan fingerprint density at radius 2 is 1.47 bits per heavy atom. The van der Waals surface area contributed by atoms with Crippen molar-refractivity contribution < 1.29 is 32.8 Å². The van der Waals surface area contributed by atoms with Gasteiger partial charge in [-0.15, -0.1) is 0 Å². The SMILES string of the molecule is Cc1ccc(S(=O)(=O)N[C@@H](CC(=O)NCC(C)(C)C)C(=O)N[C@@H](Cc2ccccc2)C(=O)N[C@@H](CC(C)C)B(O)O)cc1. The first kappa shape index (κ1) is 35.9. The number of aryl methyl sites for hydroxylation is 1. The summed E-state index contributed by atoms with van der Waals surface area (Å²) >= 11 is 0. The molecule has 3 atom stereocenters. The summed E-state index contributed by atoms with van der Waals surface area (Å²) in [6.45, 7) is 11.6. The van der Waals surface area contributed by atoms with Crippen molar-refractivity contribution >= 4 is 34.9 Å². The van der Waals surface area contributed by atoms with Crippen molar-refractivity contribution in [2.24, 2.45) is 11.3 Å². The summed E-state index contributed by atoms with van der Waals surface area (Å²) in [6.07, 6.45) is -0.220. The summed E-state index contributed by atoms with van der Waals surface area (Å²) in [5, 5.41) is 27.6. The Bertz CT molecular complexity index is 1310. The topological polar surface area (TPSA) is 174 Å². The van der Waals surface area contributed by atoms with E-state index >= 15 is 0 Å².